The molecule has 3 heterocycles. The molecule has 2 saturated heterocycles. The molecule has 2 aliphatic heterocycles. The van der Waals surface area contributed by atoms with Gasteiger partial charge in [0.05, 0.1) is 17.5 Å². The van der Waals surface area contributed by atoms with Crippen molar-refractivity contribution in [1.82, 2.24) is 29.4 Å². The predicted octanol–water partition coefficient (Wildman–Crippen LogP) is -3.97. The second kappa shape index (κ2) is 8.08. The van der Waals surface area contributed by atoms with Gasteiger partial charge in [-0.15, -0.1) is 5.10 Å². The molecule has 0 bridgehead atoms. The number of benzene rings is 1. The molecule has 0 aliphatic carbocycles. The van der Waals surface area contributed by atoms with Crippen molar-refractivity contribution < 1.29 is 52.1 Å². The first-order valence-corrected chi connectivity index (χ1v) is 10.3. The molecule has 14 heteroatoms. The van der Waals surface area contributed by atoms with Gasteiger partial charge in [-0.25, -0.2) is 12.7 Å². The smallest absolute Gasteiger partial charge is 0.731 e. The van der Waals surface area contributed by atoms with Crippen LogP contribution in [0.15, 0.2) is 35.5 Å². The summed E-state index contributed by atoms with van der Waals surface area (Å²) in [5.41, 5.74) is 0.740. The van der Waals surface area contributed by atoms with E-state index in [2.05, 4.69) is 15.5 Å². The summed E-state index contributed by atoms with van der Waals surface area (Å²) >= 11 is 1.11. The van der Waals surface area contributed by atoms with Gasteiger partial charge in [0.1, 0.15) is 6.04 Å². The quantitative estimate of drug-likeness (QED) is 0.200. The summed E-state index contributed by atoms with van der Waals surface area (Å²) in [6.07, 6.45) is 0.260. The molecule has 2 aromatic rings. The number of hydrogen-bond acceptors (Lipinski definition) is 9. The van der Waals surface area contributed by atoms with Crippen LogP contribution in [0.4, 0.5) is 0 Å². The standard InChI is InChI=1S/C14H14N6O5S2.Na/c21-11(18-7-6-10-12(18)13(22)20(10)27(23,24)25)8-26-14-15-16-17-19(14)9-4-2-1-3-5-9;/h1-5,10,12H,6-8H2,(H,23,24,25);/q;+1/p-1/t10-,12+;/m1./s1. The predicted molar refractivity (Wildman–Crippen MR) is 90.3 cm³/mol. The molecule has 2 amide bonds. The Bertz CT molecular complexity index is 1000. The van der Waals surface area contributed by atoms with Crippen LogP contribution in [0.2, 0.25) is 0 Å². The van der Waals surface area contributed by atoms with Gasteiger partial charge in [0, 0.05) is 6.54 Å². The molecule has 28 heavy (non-hydrogen) atoms. The normalized spacial score (nSPS) is 21.1. The van der Waals surface area contributed by atoms with Crippen LogP contribution in [0.25, 0.3) is 5.69 Å². The Kier molecular flexibility index (Phi) is 6.12. The monoisotopic (exact) mass is 432 g/mol. The number of hydrogen-bond donors (Lipinski definition) is 0. The zero-order valence-corrected chi connectivity index (χ0v) is 18.3. The number of thioether (sulfide) groups is 1. The van der Waals surface area contributed by atoms with Crippen molar-refractivity contribution in [3.05, 3.63) is 30.3 Å². The fraction of sp³-hybridized carbons (Fsp3) is 0.357. The minimum absolute atomic E-state index is 0. The van der Waals surface area contributed by atoms with E-state index in [1.165, 1.54) is 9.58 Å². The largest absolute Gasteiger partial charge is 1.00 e. The minimum atomic E-state index is -4.84. The summed E-state index contributed by atoms with van der Waals surface area (Å²) in [7, 11) is -4.84. The van der Waals surface area contributed by atoms with Crippen LogP contribution in [0.3, 0.4) is 0 Å². The van der Waals surface area contributed by atoms with Gasteiger partial charge in [0.15, 0.2) is 10.3 Å². The van der Waals surface area contributed by atoms with E-state index < -0.39 is 28.3 Å². The van der Waals surface area contributed by atoms with Crippen molar-refractivity contribution in [1.29, 1.82) is 0 Å². The van der Waals surface area contributed by atoms with E-state index >= 15 is 0 Å². The van der Waals surface area contributed by atoms with E-state index in [0.29, 0.717) is 9.46 Å². The Morgan fingerprint density at radius 1 is 1.29 bits per heavy atom. The molecule has 0 spiro atoms. The summed E-state index contributed by atoms with van der Waals surface area (Å²) in [4.78, 5) is 25.8. The van der Waals surface area contributed by atoms with Crippen LogP contribution < -0.4 is 29.6 Å². The number of nitrogens with zero attached hydrogens (tertiary/aromatic N) is 6. The van der Waals surface area contributed by atoms with Crippen molar-refractivity contribution >= 4 is 33.9 Å². The van der Waals surface area contributed by atoms with Crippen LogP contribution in [0, 0.1) is 0 Å². The molecule has 0 unspecified atom stereocenters. The molecular weight excluding hydrogens is 419 g/mol. The van der Waals surface area contributed by atoms with Gasteiger partial charge in [0.2, 0.25) is 11.1 Å². The number of likely N-dealkylation sites (tertiary alicyclic amines) is 1. The molecular formula is C14H13N6NaO5S2. The fourth-order valence-electron chi connectivity index (χ4n) is 3.30. The van der Waals surface area contributed by atoms with E-state index in [4.69, 9.17) is 0 Å². The summed E-state index contributed by atoms with van der Waals surface area (Å²) in [6.45, 7) is 0.218. The number of carbonyl (C=O) groups excluding carboxylic acids is 2. The molecule has 0 saturated carbocycles. The summed E-state index contributed by atoms with van der Waals surface area (Å²) < 4.78 is 35.2. The first kappa shape index (κ1) is 21.2. The van der Waals surface area contributed by atoms with E-state index in [1.54, 1.807) is 0 Å². The Morgan fingerprint density at radius 2 is 2.00 bits per heavy atom. The topological polar surface area (TPSA) is 141 Å². The average Bonchev–Trinajstić information content (AvgIpc) is 3.23. The third kappa shape index (κ3) is 3.69. The molecule has 2 aliphatic rings. The second-order valence-electron chi connectivity index (χ2n) is 5.98. The van der Waals surface area contributed by atoms with Gasteiger partial charge in [-0.3, -0.25) is 9.59 Å². The first-order valence-electron chi connectivity index (χ1n) is 7.93. The van der Waals surface area contributed by atoms with Gasteiger partial charge in [0.25, 0.3) is 5.91 Å². The van der Waals surface area contributed by atoms with Gasteiger partial charge in [-0.05, 0) is 29.0 Å². The SMILES string of the molecule is O=C(CSc1nnnn1-c1ccccc1)N1CC[C@@H]2[C@H]1C(=O)N2S(=O)(=O)[O-].[Na+]. The van der Waals surface area contributed by atoms with Crippen LogP contribution in [-0.2, 0) is 19.9 Å². The van der Waals surface area contributed by atoms with E-state index in [0.717, 1.165) is 17.4 Å². The maximum Gasteiger partial charge on any atom is 1.00 e. The van der Waals surface area contributed by atoms with Crippen LogP contribution in [-0.4, -0.2) is 78.6 Å². The van der Waals surface area contributed by atoms with Crippen molar-refractivity contribution in [2.45, 2.75) is 23.7 Å². The minimum Gasteiger partial charge on any atom is -0.731 e. The van der Waals surface area contributed by atoms with Crippen molar-refractivity contribution in [3.8, 4) is 5.69 Å². The number of para-hydroxylation sites is 1. The van der Waals surface area contributed by atoms with Crippen LogP contribution in [0.1, 0.15) is 6.42 Å². The van der Waals surface area contributed by atoms with E-state index in [1.807, 2.05) is 30.3 Å². The Labute approximate surface area is 186 Å². The number of β-lactam (4-membered cyclic amide) rings is 1. The second-order valence-corrected chi connectivity index (χ2v) is 8.17. The van der Waals surface area contributed by atoms with Gasteiger partial charge >= 0.3 is 29.6 Å². The zero-order valence-electron chi connectivity index (χ0n) is 14.7. The van der Waals surface area contributed by atoms with Gasteiger partial charge in [-0.2, -0.15) is 4.68 Å². The van der Waals surface area contributed by atoms with Crippen LogP contribution >= 0.6 is 11.8 Å². The number of tetrazole rings is 1. The Morgan fingerprint density at radius 3 is 2.68 bits per heavy atom. The third-order valence-corrected chi connectivity index (χ3v) is 6.30. The van der Waals surface area contributed by atoms with Crippen molar-refractivity contribution in [2.75, 3.05) is 12.3 Å². The maximum absolute atomic E-state index is 12.5. The number of amides is 2. The summed E-state index contributed by atoms with van der Waals surface area (Å²) in [5, 5.41) is 11.8. The summed E-state index contributed by atoms with van der Waals surface area (Å²) in [5.74, 6) is -1.21. The maximum atomic E-state index is 12.5. The molecule has 0 radical (unpaired) electrons. The molecule has 0 N–H and O–H groups in total. The number of fused-ring (bicyclic) bond motifs is 1. The van der Waals surface area contributed by atoms with Crippen LogP contribution in [0.5, 0.6) is 0 Å². The average molecular weight is 432 g/mol. The first-order chi connectivity index (χ1) is 12.9. The van der Waals surface area contributed by atoms with Gasteiger partial charge < -0.3 is 9.45 Å². The van der Waals surface area contributed by atoms with E-state index in [9.17, 15) is 22.6 Å². The number of carbonyl (C=O) groups is 2. The van der Waals surface area contributed by atoms with E-state index in [-0.39, 0.29) is 54.2 Å². The molecule has 2 atom stereocenters. The molecule has 11 nitrogen and oxygen atoms in total. The molecule has 1 aromatic heterocycles. The zero-order chi connectivity index (χ0) is 19.2. The van der Waals surface area contributed by atoms with Crippen molar-refractivity contribution in [3.63, 3.8) is 0 Å². The number of aromatic nitrogens is 4. The fourth-order valence-corrected chi connectivity index (χ4v) is 4.95. The molecule has 142 valence electrons. The Hall–Kier alpha value is -1.51. The Balaban J connectivity index is 0.00000225. The number of rotatable bonds is 5. The van der Waals surface area contributed by atoms with Gasteiger partial charge in [-0.1, -0.05) is 30.0 Å². The molecule has 4 rings (SSSR count). The third-order valence-electron chi connectivity index (χ3n) is 4.47. The van der Waals surface area contributed by atoms with Crippen molar-refractivity contribution in [2.24, 2.45) is 0 Å². The summed E-state index contributed by atoms with van der Waals surface area (Å²) in [6, 6.07) is 7.51. The molecule has 1 aromatic carbocycles. The molecule has 2 fully saturated rings.